The largest absolute Gasteiger partial charge is 0.481 e. The molecule has 0 saturated carbocycles. The van der Waals surface area contributed by atoms with E-state index in [1.165, 1.54) is 4.90 Å². The van der Waals surface area contributed by atoms with Crippen LogP contribution in [0.5, 0.6) is 0 Å². The number of morpholine rings is 1. The first-order valence-electron chi connectivity index (χ1n) is 11.0. The number of β-amino-alcohol motifs (C(OH)–C–C–N with tert-alkyl or cyclic N) is 1. The molecule has 2 N–H and O–H groups in total. The quantitative estimate of drug-likeness (QED) is 0.301. The van der Waals surface area contributed by atoms with E-state index in [1.54, 1.807) is 11.0 Å². The van der Waals surface area contributed by atoms with Crippen LogP contribution >= 0.6 is 15.9 Å². The van der Waals surface area contributed by atoms with Crippen LogP contribution < -0.4 is 0 Å². The average Bonchev–Trinajstić information content (AvgIpc) is 3.36. The number of aliphatic hydroxyl groups excluding tert-OH is 1. The van der Waals surface area contributed by atoms with Crippen molar-refractivity contribution in [1.29, 1.82) is 0 Å². The van der Waals surface area contributed by atoms with E-state index in [1.807, 2.05) is 0 Å². The van der Waals surface area contributed by atoms with Crippen LogP contribution in [0.4, 0.5) is 0 Å². The van der Waals surface area contributed by atoms with Crippen molar-refractivity contribution in [2.45, 2.75) is 29.0 Å². The number of carbonyl (C=O) groups excluding carboxylic acids is 2. The molecule has 0 aromatic carbocycles. The van der Waals surface area contributed by atoms with Crippen LogP contribution in [-0.4, -0.2) is 124 Å². The van der Waals surface area contributed by atoms with Crippen molar-refractivity contribution in [3.05, 3.63) is 12.7 Å². The Morgan fingerprint density at radius 2 is 2.03 bits per heavy atom. The maximum Gasteiger partial charge on any atom is 0.310 e. The van der Waals surface area contributed by atoms with Crippen LogP contribution in [0.1, 0.15) is 6.42 Å². The number of aliphatic hydroxyl groups is 1. The fourth-order valence-electron chi connectivity index (χ4n) is 5.75. The highest BCUT2D eigenvalue weighted by molar-refractivity contribution is 9.09. The Balaban J connectivity index is 1.62. The predicted molar refractivity (Wildman–Crippen MR) is 116 cm³/mol. The van der Waals surface area contributed by atoms with Gasteiger partial charge in [0.25, 0.3) is 0 Å². The van der Waals surface area contributed by atoms with Gasteiger partial charge < -0.3 is 29.5 Å². The van der Waals surface area contributed by atoms with Crippen molar-refractivity contribution in [2.75, 3.05) is 59.1 Å². The molecule has 4 rings (SSSR count). The van der Waals surface area contributed by atoms with Gasteiger partial charge in [-0.1, -0.05) is 22.0 Å². The number of ether oxygens (including phenoxy) is 2. The number of hydrogen-bond acceptors (Lipinski definition) is 7. The summed E-state index contributed by atoms with van der Waals surface area (Å²) in [5.41, 5.74) is -1.22. The van der Waals surface area contributed by atoms with Gasteiger partial charge in [0.15, 0.2) is 0 Å². The minimum Gasteiger partial charge on any atom is -0.481 e. The number of nitrogens with zero attached hydrogens (tertiary/aromatic N) is 3. The zero-order chi connectivity index (χ0) is 23.0. The lowest BCUT2D eigenvalue weighted by molar-refractivity contribution is -0.151. The van der Waals surface area contributed by atoms with Gasteiger partial charge in [-0.2, -0.15) is 0 Å². The number of carbonyl (C=O) groups is 3. The highest BCUT2D eigenvalue weighted by Crippen LogP contribution is 2.60. The molecule has 11 heteroatoms. The van der Waals surface area contributed by atoms with Gasteiger partial charge in [-0.25, -0.2) is 0 Å². The van der Waals surface area contributed by atoms with E-state index >= 15 is 0 Å². The summed E-state index contributed by atoms with van der Waals surface area (Å²) in [4.78, 5) is 44.1. The smallest absolute Gasteiger partial charge is 0.310 e. The first-order chi connectivity index (χ1) is 15.4. The van der Waals surface area contributed by atoms with Gasteiger partial charge in [0, 0.05) is 44.1 Å². The fraction of sp³-hybridized carbons (Fsp3) is 0.762. The van der Waals surface area contributed by atoms with Gasteiger partial charge >= 0.3 is 5.97 Å². The number of alkyl halides is 1. The van der Waals surface area contributed by atoms with E-state index in [-0.39, 0.29) is 23.9 Å². The monoisotopic (exact) mass is 515 g/mol. The molecule has 1 spiro atoms. The second-order valence-electron chi connectivity index (χ2n) is 8.78. The molecule has 4 aliphatic heterocycles. The van der Waals surface area contributed by atoms with E-state index in [2.05, 4.69) is 27.4 Å². The second-order valence-corrected chi connectivity index (χ2v) is 9.96. The minimum absolute atomic E-state index is 0.0494. The summed E-state index contributed by atoms with van der Waals surface area (Å²) in [6.45, 7) is 7.67. The van der Waals surface area contributed by atoms with Crippen molar-refractivity contribution in [2.24, 2.45) is 11.8 Å². The summed E-state index contributed by atoms with van der Waals surface area (Å²) in [5, 5.41) is 19.4. The Bertz CT molecular complexity index is 776. The third-order valence-electron chi connectivity index (χ3n) is 7.10. The Labute approximate surface area is 195 Å². The molecule has 0 aromatic heterocycles. The van der Waals surface area contributed by atoms with Crippen LogP contribution in [0.2, 0.25) is 0 Å². The van der Waals surface area contributed by atoms with Crippen LogP contribution in [0, 0.1) is 11.8 Å². The van der Waals surface area contributed by atoms with E-state index in [9.17, 15) is 24.6 Å². The van der Waals surface area contributed by atoms with Crippen molar-refractivity contribution in [3.8, 4) is 0 Å². The Kier molecular flexibility index (Phi) is 6.92. The molecular formula is C21H30BrN3O7. The molecule has 10 nitrogen and oxygen atoms in total. The first-order valence-corrected chi connectivity index (χ1v) is 11.9. The molecular weight excluding hydrogens is 486 g/mol. The number of likely N-dealkylation sites (tertiary alicyclic amines) is 1. The lowest BCUT2D eigenvalue weighted by atomic mass is 9.70. The minimum atomic E-state index is -1.22. The molecule has 4 saturated heterocycles. The third-order valence-corrected chi connectivity index (χ3v) is 7.94. The summed E-state index contributed by atoms with van der Waals surface area (Å²) >= 11 is 3.51. The number of amides is 2. The molecule has 4 aliphatic rings. The number of fused-ring (bicyclic) bond motifs is 1. The highest BCUT2D eigenvalue weighted by atomic mass is 79.9. The SMILES string of the molecule is C=CCN(CCN1CCOCC1)C(=O)[C@H]1N(CCO)C(=O)[C@@H]2[C@@H](C(=O)O)[C@@H]3O[C@@]21CC3Br. The van der Waals surface area contributed by atoms with Gasteiger partial charge in [0.05, 0.1) is 37.8 Å². The second kappa shape index (κ2) is 9.38. The van der Waals surface area contributed by atoms with Gasteiger partial charge in [-0.15, -0.1) is 6.58 Å². The zero-order valence-electron chi connectivity index (χ0n) is 17.9. The van der Waals surface area contributed by atoms with E-state index < -0.39 is 41.5 Å². The lowest BCUT2D eigenvalue weighted by Gasteiger charge is -2.37. The predicted octanol–water partition coefficient (Wildman–Crippen LogP) is -0.842. The van der Waals surface area contributed by atoms with Crippen LogP contribution in [-0.2, 0) is 23.9 Å². The molecule has 1 unspecified atom stereocenters. The summed E-state index contributed by atoms with van der Waals surface area (Å²) in [7, 11) is 0. The number of aliphatic carboxylic acids is 1. The highest BCUT2D eigenvalue weighted by Gasteiger charge is 2.76. The summed E-state index contributed by atoms with van der Waals surface area (Å²) in [5.74, 6) is -3.80. The van der Waals surface area contributed by atoms with Crippen LogP contribution in [0.25, 0.3) is 0 Å². The maximum atomic E-state index is 13.9. The topological polar surface area (TPSA) is 120 Å². The van der Waals surface area contributed by atoms with E-state index in [4.69, 9.17) is 9.47 Å². The normalized spacial score (nSPS) is 36.4. The molecule has 32 heavy (non-hydrogen) atoms. The number of rotatable bonds is 9. The molecule has 0 aliphatic carbocycles. The molecule has 178 valence electrons. The Hall–Kier alpha value is -1.53. The number of carboxylic acid groups (broad SMARTS) is 1. The van der Waals surface area contributed by atoms with Crippen molar-refractivity contribution in [3.63, 3.8) is 0 Å². The Morgan fingerprint density at radius 3 is 2.66 bits per heavy atom. The van der Waals surface area contributed by atoms with Gasteiger partial charge in [0.1, 0.15) is 11.6 Å². The summed E-state index contributed by atoms with van der Waals surface area (Å²) < 4.78 is 11.6. The molecule has 0 aromatic rings. The van der Waals surface area contributed by atoms with Crippen molar-refractivity contribution < 1.29 is 34.1 Å². The molecule has 0 radical (unpaired) electrons. The molecule has 2 bridgehead atoms. The molecule has 4 heterocycles. The first kappa shape index (κ1) is 23.6. The number of carboxylic acids is 1. The number of halogens is 1. The van der Waals surface area contributed by atoms with E-state index in [0.717, 1.165) is 13.1 Å². The fourth-order valence-corrected chi connectivity index (χ4v) is 6.69. The summed E-state index contributed by atoms with van der Waals surface area (Å²) in [6.07, 6.45) is 1.33. The Morgan fingerprint density at radius 1 is 1.31 bits per heavy atom. The zero-order valence-corrected chi connectivity index (χ0v) is 19.5. The summed E-state index contributed by atoms with van der Waals surface area (Å²) in [6, 6.07) is -0.980. The van der Waals surface area contributed by atoms with Crippen molar-refractivity contribution in [1.82, 2.24) is 14.7 Å². The lowest BCUT2D eigenvalue weighted by Crippen LogP contribution is -2.57. The van der Waals surface area contributed by atoms with Gasteiger partial charge in [-0.05, 0) is 6.42 Å². The van der Waals surface area contributed by atoms with Gasteiger partial charge in [-0.3, -0.25) is 19.3 Å². The van der Waals surface area contributed by atoms with Crippen LogP contribution in [0.15, 0.2) is 12.7 Å². The third kappa shape index (κ3) is 3.77. The average molecular weight is 516 g/mol. The van der Waals surface area contributed by atoms with Gasteiger partial charge in [0.2, 0.25) is 11.8 Å². The standard InChI is InChI=1S/C21H30BrN3O7/c1-2-3-24(5-4-23-7-10-31-11-8-23)19(28)17-21-12-13(22)16(32-21)14(20(29)30)15(21)18(27)25(17)6-9-26/h2,13-17,26H,1,3-12H2,(H,29,30)/t13?,14-,15+,16-,17-,21+/m1/s1. The number of hydrogen-bond donors (Lipinski definition) is 2. The van der Waals surface area contributed by atoms with E-state index in [0.29, 0.717) is 39.3 Å². The maximum absolute atomic E-state index is 13.9. The molecule has 4 fully saturated rings. The molecule has 2 amide bonds. The van der Waals surface area contributed by atoms with Crippen LogP contribution in [0.3, 0.4) is 0 Å². The van der Waals surface area contributed by atoms with Crippen molar-refractivity contribution >= 4 is 33.7 Å². The molecule has 6 atom stereocenters.